The number of hydrogen-bond donors (Lipinski definition) is 0. The predicted octanol–water partition coefficient (Wildman–Crippen LogP) is 4.09. The van der Waals surface area contributed by atoms with Gasteiger partial charge in [0, 0.05) is 21.0 Å². The number of halogens is 2. The zero-order valence-corrected chi connectivity index (χ0v) is 9.94. The molecule has 1 saturated carbocycles. The molecule has 0 aliphatic heterocycles. The molecule has 2 rings (SSSR count). The van der Waals surface area contributed by atoms with Crippen LogP contribution in [-0.4, -0.2) is 5.78 Å². The lowest BCUT2D eigenvalue weighted by atomic mass is 9.80. The lowest BCUT2D eigenvalue weighted by molar-refractivity contribution is 0.0854. The number of ketones is 1. The summed E-state index contributed by atoms with van der Waals surface area (Å²) in [5, 5.41) is 0.621. The Morgan fingerprint density at radius 3 is 2.71 bits per heavy atom. The van der Waals surface area contributed by atoms with Gasteiger partial charge in [0.1, 0.15) is 0 Å². The highest BCUT2D eigenvalue weighted by molar-refractivity contribution is 9.10. The summed E-state index contributed by atoms with van der Waals surface area (Å²) >= 11 is 9.23. The van der Waals surface area contributed by atoms with Crippen LogP contribution in [0.5, 0.6) is 0 Å². The van der Waals surface area contributed by atoms with E-state index in [0.29, 0.717) is 5.02 Å². The van der Waals surface area contributed by atoms with Gasteiger partial charge in [0.2, 0.25) is 0 Å². The maximum Gasteiger partial charge on any atom is 0.167 e. The van der Waals surface area contributed by atoms with Crippen molar-refractivity contribution in [1.82, 2.24) is 0 Å². The fourth-order valence-electron chi connectivity index (χ4n) is 1.58. The molecule has 1 aliphatic rings. The van der Waals surface area contributed by atoms with Crippen molar-refractivity contribution in [1.29, 1.82) is 0 Å². The van der Waals surface area contributed by atoms with Crippen LogP contribution >= 0.6 is 27.5 Å². The first-order chi connectivity index (χ1) is 6.68. The van der Waals surface area contributed by atoms with E-state index < -0.39 is 0 Å². The maximum absolute atomic E-state index is 11.9. The van der Waals surface area contributed by atoms with Crippen LogP contribution < -0.4 is 0 Å². The Hall–Kier alpha value is -0.340. The Balaban J connectivity index is 2.29. The van der Waals surface area contributed by atoms with Gasteiger partial charge < -0.3 is 0 Å². The number of Topliss-reactive ketones (excluding diaryl/α,β-unsaturated/α-hetero) is 1. The molecular weight excluding hydrogens is 263 g/mol. The van der Waals surface area contributed by atoms with Gasteiger partial charge in [0.15, 0.2) is 5.78 Å². The van der Waals surface area contributed by atoms with E-state index >= 15 is 0 Å². The molecule has 0 heterocycles. The van der Waals surface area contributed by atoms with Gasteiger partial charge in [-0.3, -0.25) is 4.79 Å². The monoisotopic (exact) mass is 272 g/mol. The molecule has 1 aliphatic carbocycles. The zero-order chi connectivity index (χ0) is 10.1. The fourth-order valence-corrected chi connectivity index (χ4v) is 2.19. The number of hydrogen-bond acceptors (Lipinski definition) is 1. The third kappa shape index (κ3) is 1.86. The summed E-state index contributed by atoms with van der Waals surface area (Å²) in [6.07, 6.45) is 3.23. The van der Waals surface area contributed by atoms with Crippen molar-refractivity contribution >= 4 is 33.3 Å². The van der Waals surface area contributed by atoms with E-state index in [1.54, 1.807) is 12.1 Å². The number of rotatable bonds is 2. The molecule has 0 amide bonds. The topological polar surface area (TPSA) is 17.1 Å². The van der Waals surface area contributed by atoms with E-state index in [-0.39, 0.29) is 11.7 Å². The second-order valence-electron chi connectivity index (χ2n) is 3.62. The quantitative estimate of drug-likeness (QED) is 0.742. The number of carbonyl (C=O) groups is 1. The highest BCUT2D eigenvalue weighted by Crippen LogP contribution is 2.32. The number of carbonyl (C=O) groups excluding carboxylic acids is 1. The van der Waals surface area contributed by atoms with Crippen LogP contribution in [0.25, 0.3) is 0 Å². The van der Waals surface area contributed by atoms with Gasteiger partial charge in [-0.25, -0.2) is 0 Å². The molecule has 0 unspecified atom stereocenters. The van der Waals surface area contributed by atoms with Crippen LogP contribution in [0.15, 0.2) is 22.7 Å². The third-order valence-corrected chi connectivity index (χ3v) is 3.60. The van der Waals surface area contributed by atoms with Crippen molar-refractivity contribution in [3.8, 4) is 0 Å². The molecular formula is C11H10BrClO. The summed E-state index contributed by atoms with van der Waals surface area (Å²) in [5.41, 5.74) is 0.724. The molecule has 1 fully saturated rings. The van der Waals surface area contributed by atoms with E-state index in [2.05, 4.69) is 15.9 Å². The van der Waals surface area contributed by atoms with Crippen molar-refractivity contribution in [2.75, 3.05) is 0 Å². The van der Waals surface area contributed by atoms with Crippen LogP contribution in [0.1, 0.15) is 29.6 Å². The minimum Gasteiger partial charge on any atom is -0.294 e. The molecule has 0 spiro atoms. The third-order valence-electron chi connectivity index (χ3n) is 2.67. The summed E-state index contributed by atoms with van der Waals surface area (Å²) in [6.45, 7) is 0. The van der Waals surface area contributed by atoms with Crippen molar-refractivity contribution < 1.29 is 4.79 Å². The summed E-state index contributed by atoms with van der Waals surface area (Å²) < 4.78 is 0.846. The van der Waals surface area contributed by atoms with Crippen molar-refractivity contribution in [3.05, 3.63) is 33.3 Å². The minimum absolute atomic E-state index is 0.227. The van der Waals surface area contributed by atoms with Gasteiger partial charge in [-0.2, -0.15) is 0 Å². The van der Waals surface area contributed by atoms with Gasteiger partial charge in [-0.1, -0.05) is 34.0 Å². The summed E-state index contributed by atoms with van der Waals surface area (Å²) in [4.78, 5) is 11.9. The Morgan fingerprint density at radius 2 is 2.14 bits per heavy atom. The second kappa shape index (κ2) is 4.03. The van der Waals surface area contributed by atoms with Crippen LogP contribution in [-0.2, 0) is 0 Å². The van der Waals surface area contributed by atoms with Crippen LogP contribution in [0.4, 0.5) is 0 Å². The molecule has 0 radical (unpaired) electrons. The molecule has 14 heavy (non-hydrogen) atoms. The van der Waals surface area contributed by atoms with Crippen LogP contribution in [0.3, 0.4) is 0 Å². The molecule has 1 aromatic rings. The average Bonchev–Trinajstić information content (AvgIpc) is 2.06. The summed E-state index contributed by atoms with van der Waals surface area (Å²) in [7, 11) is 0. The predicted molar refractivity (Wildman–Crippen MR) is 60.8 cm³/mol. The number of benzene rings is 1. The fraction of sp³-hybridized carbons (Fsp3) is 0.364. The Kier molecular flexibility index (Phi) is 2.93. The van der Waals surface area contributed by atoms with E-state index in [9.17, 15) is 4.79 Å². The first-order valence-electron chi connectivity index (χ1n) is 4.68. The normalized spacial score (nSPS) is 16.4. The maximum atomic E-state index is 11.9. The van der Waals surface area contributed by atoms with Crippen molar-refractivity contribution in [2.45, 2.75) is 19.3 Å². The first-order valence-corrected chi connectivity index (χ1v) is 5.85. The average molecular weight is 274 g/mol. The molecule has 0 saturated heterocycles. The minimum atomic E-state index is 0.227. The Labute approximate surface area is 96.6 Å². The molecule has 0 aromatic heterocycles. The molecule has 0 N–H and O–H groups in total. The van der Waals surface area contributed by atoms with Gasteiger partial charge in [0.05, 0.1) is 0 Å². The Morgan fingerprint density at radius 1 is 1.43 bits per heavy atom. The molecule has 0 atom stereocenters. The van der Waals surface area contributed by atoms with E-state index in [4.69, 9.17) is 11.6 Å². The van der Waals surface area contributed by atoms with Crippen LogP contribution in [0.2, 0.25) is 5.02 Å². The summed E-state index contributed by atoms with van der Waals surface area (Å²) in [6, 6.07) is 5.35. The molecule has 3 heteroatoms. The van der Waals surface area contributed by atoms with Gasteiger partial charge in [0.25, 0.3) is 0 Å². The highest BCUT2D eigenvalue weighted by atomic mass is 79.9. The van der Waals surface area contributed by atoms with E-state index in [0.717, 1.165) is 22.9 Å². The summed E-state index contributed by atoms with van der Waals surface area (Å²) in [5.74, 6) is 0.454. The zero-order valence-electron chi connectivity index (χ0n) is 7.59. The second-order valence-corrected chi connectivity index (χ2v) is 4.91. The smallest absolute Gasteiger partial charge is 0.167 e. The Bertz CT molecular complexity index is 372. The molecule has 74 valence electrons. The molecule has 1 aromatic carbocycles. The van der Waals surface area contributed by atoms with Gasteiger partial charge >= 0.3 is 0 Å². The largest absolute Gasteiger partial charge is 0.294 e. The van der Waals surface area contributed by atoms with Gasteiger partial charge in [-0.05, 0) is 31.0 Å². The standard InChI is InChI=1S/C11H10BrClO/c12-10-5-4-8(13)6-9(10)11(14)7-2-1-3-7/h4-7H,1-3H2. The van der Waals surface area contributed by atoms with Crippen molar-refractivity contribution in [2.24, 2.45) is 5.92 Å². The van der Waals surface area contributed by atoms with Crippen molar-refractivity contribution in [3.63, 3.8) is 0 Å². The molecule has 1 nitrogen and oxygen atoms in total. The lowest BCUT2D eigenvalue weighted by Crippen LogP contribution is -2.22. The van der Waals surface area contributed by atoms with Crippen LogP contribution in [0, 0.1) is 5.92 Å². The first kappa shape index (κ1) is 10.2. The lowest BCUT2D eigenvalue weighted by Gasteiger charge is -2.24. The highest BCUT2D eigenvalue weighted by Gasteiger charge is 2.27. The van der Waals surface area contributed by atoms with E-state index in [1.807, 2.05) is 6.07 Å². The van der Waals surface area contributed by atoms with Gasteiger partial charge in [-0.15, -0.1) is 0 Å². The van der Waals surface area contributed by atoms with E-state index in [1.165, 1.54) is 6.42 Å². The SMILES string of the molecule is O=C(c1cc(Cl)ccc1Br)C1CCC1. The molecule has 0 bridgehead atoms.